The van der Waals surface area contributed by atoms with Gasteiger partial charge in [0, 0.05) is 30.9 Å². The Hall–Kier alpha value is -1.49. The number of aromatic nitrogens is 1. The quantitative estimate of drug-likeness (QED) is 0.226. The van der Waals surface area contributed by atoms with E-state index in [1.165, 1.54) is 32.1 Å². The maximum atomic E-state index is 10.4. The number of fused-ring (bicyclic) bond motifs is 1. The van der Waals surface area contributed by atoms with Crippen molar-refractivity contribution in [2.24, 2.45) is 0 Å². The van der Waals surface area contributed by atoms with Crippen LogP contribution in [0.5, 0.6) is 11.5 Å². The van der Waals surface area contributed by atoms with Gasteiger partial charge in [0.25, 0.3) is 5.69 Å². The summed E-state index contributed by atoms with van der Waals surface area (Å²) in [6.45, 7) is 9.00. The number of nitrogens with zero attached hydrogens (tertiary/aromatic N) is 1. The zero-order valence-electron chi connectivity index (χ0n) is 18.5. The standard InChI is InChI=1S/C9H8ClNO.C7H6ClNO3.C4H8O.C2H3.BrH.Mg/c1-12-7-3-2-6-4-5-11-9(6)8(7)10;1-12-6-4-2-3-5(7(6)8)9(10)11;1-2-4-5-3-1;1-2;;/h2-5,11H,1H3;2-4H,1H3;1-4H2;1H,2H2;1H;/q;;;-1;;+2/p-1. The van der Waals surface area contributed by atoms with E-state index in [1.54, 1.807) is 13.2 Å². The molecule has 0 saturated carbocycles. The Balaban J connectivity index is 0. The molecule has 1 aliphatic heterocycles. The van der Waals surface area contributed by atoms with Crippen molar-refractivity contribution in [2.45, 2.75) is 12.8 Å². The second kappa shape index (κ2) is 18.9. The van der Waals surface area contributed by atoms with E-state index in [0.717, 1.165) is 24.1 Å². The summed E-state index contributed by atoms with van der Waals surface area (Å²) in [6.07, 6.45) is 4.41. The molecule has 1 aromatic heterocycles. The van der Waals surface area contributed by atoms with Crippen LogP contribution in [0.4, 0.5) is 5.69 Å². The smallest absolute Gasteiger partial charge is 1.00 e. The van der Waals surface area contributed by atoms with Crippen molar-refractivity contribution < 1.29 is 36.1 Å². The minimum Gasteiger partial charge on any atom is -1.00 e. The number of nitrogens with one attached hydrogen (secondary N) is 1. The van der Waals surface area contributed by atoms with Gasteiger partial charge in [-0.3, -0.25) is 16.7 Å². The Labute approximate surface area is 230 Å². The Morgan fingerprint density at radius 1 is 1.03 bits per heavy atom. The first kappa shape index (κ1) is 33.7. The van der Waals surface area contributed by atoms with Crippen LogP contribution in [0.1, 0.15) is 12.8 Å². The fraction of sp³-hybridized carbons (Fsp3) is 0.273. The third kappa shape index (κ3) is 10.5. The molecule has 0 spiro atoms. The Morgan fingerprint density at radius 2 is 1.61 bits per heavy atom. The number of halogens is 3. The van der Waals surface area contributed by atoms with Crippen LogP contribution >= 0.6 is 23.2 Å². The first-order chi connectivity index (χ1) is 15.0. The van der Waals surface area contributed by atoms with Gasteiger partial charge in [0.05, 0.1) is 24.7 Å². The summed E-state index contributed by atoms with van der Waals surface area (Å²) in [5, 5.41) is 12.1. The van der Waals surface area contributed by atoms with Crippen molar-refractivity contribution in [3.8, 4) is 11.5 Å². The van der Waals surface area contributed by atoms with E-state index in [-0.39, 0.29) is 50.7 Å². The third-order valence-electron chi connectivity index (χ3n) is 4.04. The minimum atomic E-state index is -0.551. The number of benzene rings is 2. The molecule has 1 aliphatic rings. The second-order valence-corrected chi connectivity index (χ2v) is 6.65. The zero-order valence-corrected chi connectivity index (χ0v) is 23.0. The fourth-order valence-corrected chi connectivity index (χ4v) is 3.11. The molecular weight excluding hydrogens is 547 g/mol. The number of hydrogen-bond acceptors (Lipinski definition) is 5. The predicted molar refractivity (Wildman–Crippen MR) is 130 cm³/mol. The average Bonchev–Trinajstić information content (AvgIpc) is 3.51. The molecule has 0 amide bonds. The molecule has 1 saturated heterocycles. The van der Waals surface area contributed by atoms with Crippen LogP contribution in [0.25, 0.3) is 10.9 Å². The molecule has 0 atom stereocenters. The largest absolute Gasteiger partial charge is 2.00 e. The molecule has 1 N–H and O–H groups in total. The van der Waals surface area contributed by atoms with Gasteiger partial charge < -0.3 is 42.8 Å². The summed E-state index contributed by atoms with van der Waals surface area (Å²) in [5.41, 5.74) is 0.784. The molecule has 2 heterocycles. The first-order valence-electron chi connectivity index (χ1n) is 9.24. The van der Waals surface area contributed by atoms with Gasteiger partial charge in [-0.1, -0.05) is 29.3 Å². The van der Waals surface area contributed by atoms with Crippen LogP contribution in [-0.4, -0.2) is 60.4 Å². The molecule has 2 aromatic carbocycles. The number of nitro benzene ring substituents is 1. The van der Waals surface area contributed by atoms with E-state index in [4.69, 9.17) is 37.4 Å². The van der Waals surface area contributed by atoms with Crippen molar-refractivity contribution in [2.75, 3.05) is 27.4 Å². The monoisotopic (exact) mass is 570 g/mol. The van der Waals surface area contributed by atoms with Crippen molar-refractivity contribution in [3.05, 3.63) is 75.9 Å². The van der Waals surface area contributed by atoms with Gasteiger partial charge in [-0.15, -0.1) is 0 Å². The van der Waals surface area contributed by atoms with Crippen molar-refractivity contribution >= 4 is 62.8 Å². The van der Waals surface area contributed by atoms with E-state index >= 15 is 0 Å². The predicted octanol–water partition coefficient (Wildman–Crippen LogP) is 3.11. The van der Waals surface area contributed by atoms with Gasteiger partial charge in [-0.05, 0) is 37.1 Å². The Kier molecular flexibility index (Phi) is 19.3. The van der Waals surface area contributed by atoms with E-state index in [1.807, 2.05) is 24.4 Å². The summed E-state index contributed by atoms with van der Waals surface area (Å²) >= 11 is 11.7. The second-order valence-electron chi connectivity index (χ2n) is 5.89. The summed E-state index contributed by atoms with van der Waals surface area (Å²) in [7, 11) is 3.01. The normalized spacial score (nSPS) is 11.0. The van der Waals surface area contributed by atoms with Gasteiger partial charge in [0.1, 0.15) is 16.5 Å². The Morgan fingerprint density at radius 3 is 2.09 bits per heavy atom. The molecule has 4 rings (SSSR count). The molecule has 176 valence electrons. The topological polar surface area (TPSA) is 86.6 Å². The van der Waals surface area contributed by atoms with Gasteiger partial charge in [0.15, 0.2) is 5.02 Å². The first-order valence-corrected chi connectivity index (χ1v) is 10.00. The summed E-state index contributed by atoms with van der Waals surface area (Å²) in [5.74, 6) is 1.01. The van der Waals surface area contributed by atoms with Gasteiger partial charge in [-0.25, -0.2) is 0 Å². The van der Waals surface area contributed by atoms with Crippen LogP contribution in [0.15, 0.2) is 49.2 Å². The van der Waals surface area contributed by atoms with E-state index in [2.05, 4.69) is 18.1 Å². The molecule has 11 heteroatoms. The molecule has 1 fully saturated rings. The number of H-pyrrole nitrogens is 1. The van der Waals surface area contributed by atoms with Gasteiger partial charge in [0.2, 0.25) is 0 Å². The van der Waals surface area contributed by atoms with Crippen LogP contribution in [0.2, 0.25) is 10.0 Å². The van der Waals surface area contributed by atoms with Crippen LogP contribution < -0.4 is 26.5 Å². The fourth-order valence-electron chi connectivity index (χ4n) is 2.54. The van der Waals surface area contributed by atoms with E-state index in [0.29, 0.717) is 16.5 Å². The van der Waals surface area contributed by atoms with Crippen molar-refractivity contribution in [3.63, 3.8) is 0 Å². The molecule has 0 radical (unpaired) electrons. The molecule has 33 heavy (non-hydrogen) atoms. The average molecular weight is 573 g/mol. The number of rotatable bonds is 3. The van der Waals surface area contributed by atoms with Crippen LogP contribution in [0, 0.1) is 16.7 Å². The zero-order chi connectivity index (χ0) is 23.2. The number of methoxy groups -OCH3 is 2. The number of ether oxygens (including phenoxy) is 3. The third-order valence-corrected chi connectivity index (χ3v) is 4.79. The molecule has 0 aliphatic carbocycles. The van der Waals surface area contributed by atoms with Crippen molar-refractivity contribution in [1.29, 1.82) is 0 Å². The SMILES string of the molecule is C1CCOC1.COc1ccc2cc[nH]c2c1Cl.COc1cccc([N+](=O)[O-])c1Cl.[Br-].[CH-]=C.[Mg+2]. The molecule has 0 unspecified atom stereocenters. The summed E-state index contributed by atoms with van der Waals surface area (Å²) in [4.78, 5) is 12.9. The van der Waals surface area contributed by atoms with Gasteiger partial charge in [-0.2, -0.15) is 0 Å². The molecule has 3 aromatic rings. The van der Waals surface area contributed by atoms with E-state index < -0.39 is 4.92 Å². The maximum Gasteiger partial charge on any atom is 2.00 e. The number of nitro groups is 1. The maximum absolute atomic E-state index is 10.4. The van der Waals surface area contributed by atoms with Crippen LogP contribution in [-0.2, 0) is 4.74 Å². The number of aromatic amines is 1. The molecular formula is C22H25BrCl2MgN2O5. The molecule has 7 nitrogen and oxygen atoms in total. The van der Waals surface area contributed by atoms with Crippen LogP contribution in [0.3, 0.4) is 0 Å². The minimum absolute atomic E-state index is 0. The summed E-state index contributed by atoms with van der Waals surface area (Å²) < 4.78 is 14.8. The Bertz CT molecular complexity index is 963. The van der Waals surface area contributed by atoms with E-state index in [9.17, 15) is 10.1 Å². The van der Waals surface area contributed by atoms with Crippen molar-refractivity contribution in [1.82, 2.24) is 4.98 Å². The summed E-state index contributed by atoms with van der Waals surface area (Å²) in [6, 6.07) is 10.2. The molecule has 0 bridgehead atoms. The van der Waals surface area contributed by atoms with Gasteiger partial charge >= 0.3 is 23.1 Å². The number of hydrogen-bond donors (Lipinski definition) is 1.